The van der Waals surface area contributed by atoms with Gasteiger partial charge in [0.05, 0.1) is 10.5 Å². The monoisotopic (exact) mass is 365 g/mol. The van der Waals surface area contributed by atoms with Crippen LogP contribution >= 0.6 is 11.6 Å². The number of fused-ring (bicyclic) bond motifs is 1. The van der Waals surface area contributed by atoms with Crippen LogP contribution in [0.3, 0.4) is 0 Å². The number of aromatic hydroxyl groups is 1. The van der Waals surface area contributed by atoms with E-state index in [1.807, 2.05) is 0 Å². The highest BCUT2D eigenvalue weighted by molar-refractivity contribution is 6.33. The lowest BCUT2D eigenvalue weighted by Gasteiger charge is -2.10. The van der Waals surface area contributed by atoms with E-state index in [2.05, 4.69) is 20.3 Å². The molecule has 0 aliphatic carbocycles. The predicted molar refractivity (Wildman–Crippen MR) is 92.3 cm³/mol. The van der Waals surface area contributed by atoms with Crippen LogP contribution in [-0.4, -0.2) is 26.6 Å². The van der Waals surface area contributed by atoms with Gasteiger partial charge in [0.25, 0.3) is 6.01 Å². The molecule has 0 aliphatic heterocycles. The molecule has 0 bridgehead atoms. The SMILES string of the molecule is NC/C=C/c1cc(F)c(CNc2nc3nc(O)[nH]c3cc2Cl)c(F)c1. The van der Waals surface area contributed by atoms with Crippen molar-refractivity contribution in [2.45, 2.75) is 6.54 Å². The van der Waals surface area contributed by atoms with Crippen molar-refractivity contribution in [2.24, 2.45) is 5.73 Å². The maximum atomic E-state index is 14.1. The molecular formula is C16H14ClF2N5O. The summed E-state index contributed by atoms with van der Waals surface area (Å²) in [6, 6.07) is 3.65. The lowest BCUT2D eigenvalue weighted by atomic mass is 10.1. The summed E-state index contributed by atoms with van der Waals surface area (Å²) in [6.07, 6.45) is 3.14. The first-order chi connectivity index (χ1) is 12.0. The molecule has 0 radical (unpaired) electrons. The number of nitrogens with zero attached hydrogens (tertiary/aromatic N) is 2. The number of nitrogens with one attached hydrogen (secondary N) is 2. The topological polar surface area (TPSA) is 99.8 Å². The molecule has 130 valence electrons. The minimum absolute atomic E-state index is 0.146. The third kappa shape index (κ3) is 3.70. The van der Waals surface area contributed by atoms with E-state index < -0.39 is 11.6 Å². The normalized spacial score (nSPS) is 11.5. The van der Waals surface area contributed by atoms with Crippen LogP contribution in [0.2, 0.25) is 5.02 Å². The molecule has 1 aromatic carbocycles. The Labute approximate surface area is 146 Å². The number of hydrogen-bond donors (Lipinski definition) is 4. The molecule has 3 aromatic rings. The number of imidazole rings is 1. The van der Waals surface area contributed by atoms with E-state index in [0.717, 1.165) is 0 Å². The van der Waals surface area contributed by atoms with E-state index in [0.29, 0.717) is 11.1 Å². The minimum Gasteiger partial charge on any atom is -0.480 e. The first-order valence-electron chi connectivity index (χ1n) is 7.31. The zero-order chi connectivity index (χ0) is 18.0. The summed E-state index contributed by atoms with van der Waals surface area (Å²) in [4.78, 5) is 10.5. The van der Waals surface area contributed by atoms with Crippen molar-refractivity contribution in [3.8, 4) is 6.01 Å². The van der Waals surface area contributed by atoms with Crippen LogP contribution in [0.1, 0.15) is 11.1 Å². The van der Waals surface area contributed by atoms with Crippen molar-refractivity contribution in [3.05, 3.63) is 52.1 Å². The minimum atomic E-state index is -0.696. The van der Waals surface area contributed by atoms with Crippen molar-refractivity contribution in [3.63, 3.8) is 0 Å². The number of rotatable bonds is 5. The van der Waals surface area contributed by atoms with Gasteiger partial charge in [-0.05, 0) is 23.8 Å². The molecule has 0 atom stereocenters. The number of anilines is 1. The van der Waals surface area contributed by atoms with E-state index in [9.17, 15) is 13.9 Å². The van der Waals surface area contributed by atoms with Crippen molar-refractivity contribution in [2.75, 3.05) is 11.9 Å². The summed E-state index contributed by atoms with van der Waals surface area (Å²) in [6.45, 7) is 0.120. The van der Waals surface area contributed by atoms with Crippen LogP contribution in [0.4, 0.5) is 14.6 Å². The second kappa shape index (κ2) is 7.04. The number of halogens is 3. The lowest BCUT2D eigenvalue weighted by Crippen LogP contribution is -2.07. The average Bonchev–Trinajstić information content (AvgIpc) is 2.91. The van der Waals surface area contributed by atoms with Gasteiger partial charge in [0.2, 0.25) is 0 Å². The molecule has 0 amide bonds. The van der Waals surface area contributed by atoms with Crippen molar-refractivity contribution in [1.29, 1.82) is 0 Å². The maximum Gasteiger partial charge on any atom is 0.293 e. The molecule has 0 saturated carbocycles. The Balaban J connectivity index is 1.84. The highest BCUT2D eigenvalue weighted by Crippen LogP contribution is 2.26. The third-order valence-corrected chi connectivity index (χ3v) is 3.74. The fourth-order valence-electron chi connectivity index (χ4n) is 2.29. The molecule has 3 rings (SSSR count). The molecule has 2 heterocycles. The number of nitrogens with two attached hydrogens (primary N) is 1. The highest BCUT2D eigenvalue weighted by atomic mass is 35.5. The van der Waals surface area contributed by atoms with Crippen molar-refractivity contribution < 1.29 is 13.9 Å². The van der Waals surface area contributed by atoms with Crippen LogP contribution in [0.25, 0.3) is 17.2 Å². The van der Waals surface area contributed by atoms with E-state index in [1.54, 1.807) is 12.2 Å². The van der Waals surface area contributed by atoms with Gasteiger partial charge in [-0.3, -0.25) is 0 Å². The number of pyridine rings is 1. The average molecular weight is 366 g/mol. The van der Waals surface area contributed by atoms with Crippen LogP contribution in [0, 0.1) is 11.6 Å². The Bertz CT molecular complexity index is 934. The highest BCUT2D eigenvalue weighted by Gasteiger charge is 2.13. The van der Waals surface area contributed by atoms with Gasteiger partial charge in [-0.25, -0.2) is 13.8 Å². The third-order valence-electron chi connectivity index (χ3n) is 3.46. The smallest absolute Gasteiger partial charge is 0.293 e. The van der Waals surface area contributed by atoms with Crippen molar-refractivity contribution in [1.82, 2.24) is 15.0 Å². The standard InChI is InChI=1S/C16H14ClF2N5O/c17-10-6-13-15(24-16(25)22-13)23-14(10)21-7-9-11(18)4-8(2-1-3-20)5-12(9)19/h1-2,4-6H,3,7,20H2,(H3,21,22,23,24,25)/b2-1+. The molecule has 9 heteroatoms. The fraction of sp³-hybridized carbons (Fsp3) is 0.125. The van der Waals surface area contributed by atoms with Gasteiger partial charge < -0.3 is 21.1 Å². The van der Waals surface area contributed by atoms with E-state index in [1.165, 1.54) is 18.2 Å². The largest absolute Gasteiger partial charge is 0.480 e. The quantitative estimate of drug-likeness (QED) is 0.556. The summed E-state index contributed by atoms with van der Waals surface area (Å²) in [5, 5.41) is 12.3. The zero-order valence-corrected chi connectivity index (χ0v) is 13.6. The number of hydrogen-bond acceptors (Lipinski definition) is 5. The van der Waals surface area contributed by atoms with Gasteiger partial charge in [-0.15, -0.1) is 0 Å². The van der Waals surface area contributed by atoms with Crippen LogP contribution in [0.15, 0.2) is 24.3 Å². The molecule has 0 unspecified atom stereocenters. The molecule has 0 fully saturated rings. The molecule has 25 heavy (non-hydrogen) atoms. The Kier molecular flexibility index (Phi) is 4.82. The molecular weight excluding hydrogens is 352 g/mol. The van der Waals surface area contributed by atoms with Crippen LogP contribution in [0.5, 0.6) is 6.01 Å². The van der Waals surface area contributed by atoms with Crippen LogP contribution in [-0.2, 0) is 6.54 Å². The van der Waals surface area contributed by atoms with E-state index in [-0.39, 0.29) is 41.2 Å². The Morgan fingerprint density at radius 3 is 2.64 bits per heavy atom. The van der Waals surface area contributed by atoms with Gasteiger partial charge in [0.15, 0.2) is 5.65 Å². The predicted octanol–water partition coefficient (Wildman–Crippen LogP) is 3.18. The Morgan fingerprint density at radius 1 is 1.24 bits per heavy atom. The van der Waals surface area contributed by atoms with Gasteiger partial charge in [-0.1, -0.05) is 23.8 Å². The zero-order valence-electron chi connectivity index (χ0n) is 12.9. The number of benzene rings is 1. The molecule has 0 saturated heterocycles. The van der Waals surface area contributed by atoms with Crippen LogP contribution < -0.4 is 11.1 Å². The molecule has 6 nitrogen and oxygen atoms in total. The van der Waals surface area contributed by atoms with E-state index >= 15 is 0 Å². The van der Waals surface area contributed by atoms with Gasteiger partial charge >= 0.3 is 0 Å². The Hall–Kier alpha value is -2.71. The first kappa shape index (κ1) is 17.1. The second-order valence-electron chi connectivity index (χ2n) is 5.21. The summed E-state index contributed by atoms with van der Waals surface area (Å²) < 4.78 is 28.3. The number of aromatic nitrogens is 3. The molecule has 5 N–H and O–H groups in total. The molecule has 2 aromatic heterocycles. The number of aromatic amines is 1. The molecule has 0 spiro atoms. The Morgan fingerprint density at radius 2 is 1.96 bits per heavy atom. The summed E-state index contributed by atoms with van der Waals surface area (Å²) in [7, 11) is 0. The first-order valence-corrected chi connectivity index (χ1v) is 7.69. The molecule has 0 aliphatic rings. The second-order valence-corrected chi connectivity index (χ2v) is 5.61. The van der Waals surface area contributed by atoms with E-state index in [4.69, 9.17) is 17.3 Å². The summed E-state index contributed by atoms with van der Waals surface area (Å²) in [5.74, 6) is -1.19. The van der Waals surface area contributed by atoms with Gasteiger partial charge in [-0.2, -0.15) is 4.98 Å². The maximum absolute atomic E-state index is 14.1. The lowest BCUT2D eigenvalue weighted by molar-refractivity contribution is 0.438. The van der Waals surface area contributed by atoms with Gasteiger partial charge in [0.1, 0.15) is 17.5 Å². The number of H-pyrrole nitrogens is 1. The summed E-state index contributed by atoms with van der Waals surface area (Å²) >= 11 is 6.08. The van der Waals surface area contributed by atoms with Gasteiger partial charge in [0, 0.05) is 18.7 Å². The van der Waals surface area contributed by atoms with Crippen molar-refractivity contribution >= 4 is 34.7 Å². The summed E-state index contributed by atoms with van der Waals surface area (Å²) in [5.41, 5.74) is 6.24. The fourth-order valence-corrected chi connectivity index (χ4v) is 2.51.